The van der Waals surface area contributed by atoms with E-state index in [0.29, 0.717) is 12.4 Å². The molecule has 0 saturated heterocycles. The van der Waals surface area contributed by atoms with Gasteiger partial charge in [0.25, 0.3) is 0 Å². The zero-order valence-electron chi connectivity index (χ0n) is 13.0. The Morgan fingerprint density at radius 1 is 1.10 bits per heavy atom. The number of aryl methyl sites for hydroxylation is 1. The van der Waals surface area contributed by atoms with Gasteiger partial charge in [0.15, 0.2) is 5.82 Å². The van der Waals surface area contributed by atoms with Crippen molar-refractivity contribution in [2.45, 2.75) is 71.3 Å². The molecular formula is C16H27N3O. The van der Waals surface area contributed by atoms with E-state index in [1.54, 1.807) is 0 Å². The van der Waals surface area contributed by atoms with Crippen LogP contribution in [0.1, 0.15) is 69.5 Å². The fourth-order valence-corrected chi connectivity index (χ4v) is 3.14. The summed E-state index contributed by atoms with van der Waals surface area (Å²) in [5, 5.41) is 0. The number of nitrogens with zero attached hydrogens (tertiary/aromatic N) is 2. The van der Waals surface area contributed by atoms with Crippen molar-refractivity contribution in [1.82, 2.24) is 9.97 Å². The van der Waals surface area contributed by atoms with E-state index in [-0.39, 0.29) is 5.60 Å². The molecule has 1 aliphatic carbocycles. The average Bonchev–Trinajstić information content (AvgIpc) is 2.68. The quantitative estimate of drug-likeness (QED) is 0.855. The van der Waals surface area contributed by atoms with Crippen molar-refractivity contribution in [3.8, 4) is 0 Å². The minimum atomic E-state index is -0.322. The number of nitrogen functional groups attached to an aromatic ring is 1. The Morgan fingerprint density at radius 3 is 2.30 bits per heavy atom. The van der Waals surface area contributed by atoms with Crippen LogP contribution in [0.25, 0.3) is 0 Å². The Morgan fingerprint density at radius 2 is 1.75 bits per heavy atom. The zero-order valence-corrected chi connectivity index (χ0v) is 13.0. The summed E-state index contributed by atoms with van der Waals surface area (Å²) in [6, 6.07) is 0. The summed E-state index contributed by atoms with van der Waals surface area (Å²) in [5.41, 5.74) is 7.83. The van der Waals surface area contributed by atoms with E-state index < -0.39 is 0 Å². The van der Waals surface area contributed by atoms with E-state index in [9.17, 15) is 0 Å². The third-order valence-corrected chi connectivity index (χ3v) is 4.36. The summed E-state index contributed by atoms with van der Waals surface area (Å²) in [5.74, 6) is 1.41. The first-order chi connectivity index (χ1) is 9.63. The van der Waals surface area contributed by atoms with Crippen molar-refractivity contribution >= 4 is 5.82 Å². The maximum atomic E-state index is 6.15. The van der Waals surface area contributed by atoms with Crippen molar-refractivity contribution < 1.29 is 4.74 Å². The molecular weight excluding hydrogens is 250 g/mol. The van der Waals surface area contributed by atoms with Crippen molar-refractivity contribution in [1.29, 1.82) is 0 Å². The van der Waals surface area contributed by atoms with Crippen molar-refractivity contribution in [3.63, 3.8) is 0 Å². The molecule has 0 atom stereocenters. The second-order valence-corrected chi connectivity index (χ2v) is 5.70. The second kappa shape index (κ2) is 6.53. The van der Waals surface area contributed by atoms with Gasteiger partial charge in [0.1, 0.15) is 11.4 Å². The lowest BCUT2D eigenvalue weighted by molar-refractivity contribution is -0.0624. The molecule has 0 spiro atoms. The van der Waals surface area contributed by atoms with Crippen LogP contribution in [-0.2, 0) is 16.8 Å². The average molecular weight is 277 g/mol. The maximum Gasteiger partial charge on any atom is 0.162 e. The fraction of sp³-hybridized carbons (Fsp3) is 0.750. The number of nitrogens with two attached hydrogens (primary N) is 1. The van der Waals surface area contributed by atoms with Gasteiger partial charge in [-0.2, -0.15) is 0 Å². The molecule has 0 bridgehead atoms. The minimum Gasteiger partial charge on any atom is -0.383 e. The zero-order chi connectivity index (χ0) is 14.6. The van der Waals surface area contributed by atoms with Crippen LogP contribution < -0.4 is 5.73 Å². The normalized spacial score (nSPS) is 18.8. The van der Waals surface area contributed by atoms with Crippen LogP contribution in [0.3, 0.4) is 0 Å². The second-order valence-electron chi connectivity index (χ2n) is 5.70. The molecule has 2 N–H and O–H groups in total. The maximum absolute atomic E-state index is 6.15. The minimum absolute atomic E-state index is 0.322. The number of rotatable bonds is 4. The van der Waals surface area contributed by atoms with E-state index in [0.717, 1.165) is 36.3 Å². The Balaban J connectivity index is 2.45. The summed E-state index contributed by atoms with van der Waals surface area (Å²) in [7, 11) is 0. The number of aromatic nitrogens is 2. The monoisotopic (exact) mass is 277 g/mol. The van der Waals surface area contributed by atoms with Gasteiger partial charge in [-0.3, -0.25) is 0 Å². The molecule has 0 radical (unpaired) electrons. The van der Waals surface area contributed by atoms with Gasteiger partial charge in [0.2, 0.25) is 0 Å². The van der Waals surface area contributed by atoms with Crippen LogP contribution >= 0.6 is 0 Å². The van der Waals surface area contributed by atoms with Crippen LogP contribution in [0.5, 0.6) is 0 Å². The van der Waals surface area contributed by atoms with Gasteiger partial charge in [-0.25, -0.2) is 9.97 Å². The molecule has 4 nitrogen and oxygen atoms in total. The SMILES string of the molecule is CCOC1(c2nc(N)c(C)c(CC)n2)CCCCCC1. The highest BCUT2D eigenvalue weighted by Crippen LogP contribution is 2.38. The number of anilines is 1. The Kier molecular flexibility index (Phi) is 4.97. The van der Waals surface area contributed by atoms with Crippen molar-refractivity contribution in [2.24, 2.45) is 0 Å². The third kappa shape index (κ3) is 2.95. The molecule has 1 heterocycles. The highest BCUT2D eigenvalue weighted by molar-refractivity contribution is 5.41. The Bertz CT molecular complexity index is 451. The van der Waals surface area contributed by atoms with Crippen LogP contribution in [0.4, 0.5) is 5.82 Å². The lowest BCUT2D eigenvalue weighted by Crippen LogP contribution is -2.32. The molecule has 4 heteroatoms. The molecule has 1 aromatic heterocycles. The summed E-state index contributed by atoms with van der Waals surface area (Å²) in [6.07, 6.45) is 7.80. The third-order valence-electron chi connectivity index (χ3n) is 4.36. The predicted molar refractivity (Wildman–Crippen MR) is 81.6 cm³/mol. The fourth-order valence-electron chi connectivity index (χ4n) is 3.14. The largest absolute Gasteiger partial charge is 0.383 e. The van der Waals surface area contributed by atoms with Gasteiger partial charge in [0, 0.05) is 17.9 Å². The van der Waals surface area contributed by atoms with Gasteiger partial charge >= 0.3 is 0 Å². The number of hydrogen-bond acceptors (Lipinski definition) is 4. The van der Waals surface area contributed by atoms with Gasteiger partial charge in [-0.05, 0) is 33.1 Å². The summed E-state index contributed by atoms with van der Waals surface area (Å²) < 4.78 is 6.15. The number of hydrogen-bond donors (Lipinski definition) is 1. The molecule has 112 valence electrons. The van der Waals surface area contributed by atoms with Crippen LogP contribution in [-0.4, -0.2) is 16.6 Å². The molecule has 1 aliphatic rings. The topological polar surface area (TPSA) is 61.0 Å². The summed E-state index contributed by atoms with van der Waals surface area (Å²) >= 11 is 0. The molecule has 1 aromatic rings. The van der Waals surface area contributed by atoms with Gasteiger partial charge in [-0.15, -0.1) is 0 Å². The van der Waals surface area contributed by atoms with E-state index in [2.05, 4.69) is 11.9 Å². The predicted octanol–water partition coefficient (Wildman–Crippen LogP) is 3.52. The van der Waals surface area contributed by atoms with E-state index in [1.807, 2.05) is 13.8 Å². The molecule has 1 saturated carbocycles. The van der Waals surface area contributed by atoms with Gasteiger partial charge < -0.3 is 10.5 Å². The smallest absolute Gasteiger partial charge is 0.162 e. The van der Waals surface area contributed by atoms with E-state index in [1.165, 1.54) is 25.7 Å². The Labute approximate surface area is 122 Å². The Hall–Kier alpha value is -1.16. The molecule has 0 amide bonds. The van der Waals surface area contributed by atoms with Gasteiger partial charge in [0.05, 0.1) is 0 Å². The van der Waals surface area contributed by atoms with Crippen LogP contribution in [0.2, 0.25) is 0 Å². The van der Waals surface area contributed by atoms with Crippen molar-refractivity contribution in [2.75, 3.05) is 12.3 Å². The summed E-state index contributed by atoms with van der Waals surface area (Å²) in [6.45, 7) is 6.85. The van der Waals surface area contributed by atoms with Gasteiger partial charge in [-0.1, -0.05) is 32.6 Å². The van der Waals surface area contributed by atoms with Crippen LogP contribution in [0.15, 0.2) is 0 Å². The van der Waals surface area contributed by atoms with E-state index in [4.69, 9.17) is 15.5 Å². The lowest BCUT2D eigenvalue weighted by Gasteiger charge is -2.31. The lowest BCUT2D eigenvalue weighted by atomic mass is 9.92. The molecule has 0 aliphatic heterocycles. The first-order valence-electron chi connectivity index (χ1n) is 7.90. The molecule has 2 rings (SSSR count). The van der Waals surface area contributed by atoms with Crippen molar-refractivity contribution in [3.05, 3.63) is 17.1 Å². The summed E-state index contributed by atoms with van der Waals surface area (Å²) in [4.78, 5) is 9.37. The first kappa shape index (κ1) is 15.2. The first-order valence-corrected chi connectivity index (χ1v) is 7.90. The molecule has 20 heavy (non-hydrogen) atoms. The highest BCUT2D eigenvalue weighted by atomic mass is 16.5. The van der Waals surface area contributed by atoms with E-state index >= 15 is 0 Å². The standard InChI is InChI=1S/C16H27N3O/c1-4-13-12(3)14(17)19-15(18-13)16(20-5-2)10-8-6-7-9-11-16/h4-11H2,1-3H3,(H2,17,18,19). The number of ether oxygens (including phenoxy) is 1. The molecule has 0 unspecified atom stereocenters. The molecule has 1 fully saturated rings. The molecule has 0 aromatic carbocycles. The van der Waals surface area contributed by atoms with Crippen LogP contribution in [0, 0.1) is 6.92 Å². The highest BCUT2D eigenvalue weighted by Gasteiger charge is 2.37.